The largest absolute Gasteiger partial charge is 0.506 e. The minimum atomic E-state index is 0.198. The van der Waals surface area contributed by atoms with Crippen molar-refractivity contribution in [1.82, 2.24) is 9.99 Å². The van der Waals surface area contributed by atoms with Crippen LogP contribution in [0.4, 0.5) is 5.82 Å². The van der Waals surface area contributed by atoms with Crippen LogP contribution < -0.4 is 4.90 Å². The summed E-state index contributed by atoms with van der Waals surface area (Å²) in [6.45, 7) is 3.40. The smallest absolute Gasteiger partial charge is 0.138 e. The molecular weight excluding hydrogens is 424 g/mol. The fourth-order valence-electron chi connectivity index (χ4n) is 2.41. The van der Waals surface area contributed by atoms with Crippen molar-refractivity contribution in [2.75, 3.05) is 31.1 Å². The van der Waals surface area contributed by atoms with Crippen LogP contribution in [-0.2, 0) is 0 Å². The number of phenolic OH excluding ortho intramolecular Hbond substituents is 1. The fourth-order valence-corrected chi connectivity index (χ4v) is 3.67. The SMILES string of the molecule is Oc1c(Br)cc(Br)cc1C=NN1CCN(c2ccccn2)CC1. The second kappa shape index (κ2) is 7.31. The monoisotopic (exact) mass is 438 g/mol. The van der Waals surface area contributed by atoms with Crippen molar-refractivity contribution >= 4 is 43.9 Å². The zero-order valence-corrected chi connectivity index (χ0v) is 15.5. The van der Waals surface area contributed by atoms with Crippen LogP contribution >= 0.6 is 31.9 Å². The highest BCUT2D eigenvalue weighted by molar-refractivity contribution is 9.11. The van der Waals surface area contributed by atoms with Gasteiger partial charge in [-0.2, -0.15) is 5.10 Å². The highest BCUT2D eigenvalue weighted by Gasteiger charge is 2.16. The van der Waals surface area contributed by atoms with Gasteiger partial charge in [0.1, 0.15) is 11.6 Å². The number of anilines is 1. The Labute approximate surface area is 151 Å². The second-order valence-corrected chi connectivity index (χ2v) is 6.97. The summed E-state index contributed by atoms with van der Waals surface area (Å²) in [6.07, 6.45) is 3.51. The Morgan fingerprint density at radius 3 is 2.61 bits per heavy atom. The van der Waals surface area contributed by atoms with Crippen molar-refractivity contribution in [2.24, 2.45) is 5.10 Å². The van der Waals surface area contributed by atoms with E-state index in [1.807, 2.05) is 35.5 Å². The molecule has 1 fully saturated rings. The van der Waals surface area contributed by atoms with Gasteiger partial charge in [-0.05, 0) is 40.2 Å². The Morgan fingerprint density at radius 1 is 1.13 bits per heavy atom. The molecule has 5 nitrogen and oxygen atoms in total. The standard InChI is InChI=1S/C16H16Br2N4O/c17-13-9-12(16(23)14(18)10-13)11-20-22-7-5-21(6-8-22)15-3-1-2-4-19-15/h1-4,9-11,23H,5-8H2. The van der Waals surface area contributed by atoms with E-state index in [0.717, 1.165) is 36.5 Å². The lowest BCUT2D eigenvalue weighted by Gasteiger charge is -2.33. The molecule has 0 aliphatic carbocycles. The summed E-state index contributed by atoms with van der Waals surface area (Å²) < 4.78 is 1.54. The number of hydrogen-bond donors (Lipinski definition) is 1. The van der Waals surface area contributed by atoms with E-state index in [-0.39, 0.29) is 5.75 Å². The maximum atomic E-state index is 10.0. The summed E-state index contributed by atoms with van der Waals surface area (Å²) in [7, 11) is 0. The third-order valence-corrected chi connectivity index (χ3v) is 4.71. The number of aromatic hydroxyl groups is 1. The number of phenols is 1. The number of hydrazone groups is 1. The van der Waals surface area contributed by atoms with Crippen LogP contribution in [0, 0.1) is 0 Å². The molecule has 0 spiro atoms. The van der Waals surface area contributed by atoms with Crippen LogP contribution in [0.25, 0.3) is 0 Å². The van der Waals surface area contributed by atoms with Gasteiger partial charge in [0.05, 0.1) is 23.8 Å². The van der Waals surface area contributed by atoms with Crippen molar-refractivity contribution in [2.45, 2.75) is 0 Å². The number of piperazine rings is 1. The van der Waals surface area contributed by atoms with Crippen molar-refractivity contribution in [1.29, 1.82) is 0 Å². The Hall–Kier alpha value is -1.60. The first-order chi connectivity index (χ1) is 11.1. The number of hydrogen-bond acceptors (Lipinski definition) is 5. The molecule has 3 rings (SSSR count). The number of benzene rings is 1. The van der Waals surface area contributed by atoms with Crippen LogP contribution in [0.2, 0.25) is 0 Å². The Bertz CT molecular complexity index is 701. The highest BCUT2D eigenvalue weighted by Crippen LogP contribution is 2.30. The summed E-state index contributed by atoms with van der Waals surface area (Å²) in [4.78, 5) is 6.63. The third kappa shape index (κ3) is 4.03. The predicted molar refractivity (Wildman–Crippen MR) is 99.1 cm³/mol. The number of halogens is 2. The van der Waals surface area contributed by atoms with E-state index in [1.54, 1.807) is 12.3 Å². The molecule has 0 unspecified atom stereocenters. The van der Waals surface area contributed by atoms with Gasteiger partial charge in [-0.25, -0.2) is 4.98 Å². The molecule has 1 aliphatic rings. The van der Waals surface area contributed by atoms with E-state index in [0.29, 0.717) is 10.0 Å². The zero-order chi connectivity index (χ0) is 16.2. The number of pyridine rings is 1. The summed E-state index contributed by atoms with van der Waals surface area (Å²) in [5.74, 6) is 1.20. The summed E-state index contributed by atoms with van der Waals surface area (Å²) >= 11 is 6.74. The summed E-state index contributed by atoms with van der Waals surface area (Å²) in [5, 5.41) is 16.5. The number of aromatic nitrogens is 1. The lowest BCUT2D eigenvalue weighted by Crippen LogP contribution is -2.44. The molecule has 1 aromatic heterocycles. The third-order valence-electron chi connectivity index (χ3n) is 3.65. The molecule has 2 aromatic rings. The van der Waals surface area contributed by atoms with E-state index < -0.39 is 0 Å². The van der Waals surface area contributed by atoms with Gasteiger partial charge in [0.2, 0.25) is 0 Å². The quantitative estimate of drug-likeness (QED) is 0.744. The van der Waals surface area contributed by atoms with Gasteiger partial charge in [-0.3, -0.25) is 5.01 Å². The molecule has 0 saturated carbocycles. The molecule has 2 heterocycles. The first-order valence-electron chi connectivity index (χ1n) is 7.26. The molecule has 0 atom stereocenters. The average Bonchev–Trinajstić information content (AvgIpc) is 2.58. The van der Waals surface area contributed by atoms with Crippen molar-refractivity contribution in [3.05, 3.63) is 51.0 Å². The van der Waals surface area contributed by atoms with Gasteiger partial charge in [0, 0.05) is 29.3 Å². The van der Waals surface area contributed by atoms with E-state index >= 15 is 0 Å². The predicted octanol–water partition coefficient (Wildman–Crippen LogP) is 3.47. The van der Waals surface area contributed by atoms with Gasteiger partial charge in [-0.15, -0.1) is 0 Å². The summed E-state index contributed by atoms with van der Waals surface area (Å²) in [5.41, 5.74) is 0.679. The first-order valence-corrected chi connectivity index (χ1v) is 8.85. The molecule has 120 valence electrons. The molecule has 23 heavy (non-hydrogen) atoms. The maximum Gasteiger partial charge on any atom is 0.138 e. The van der Waals surface area contributed by atoms with E-state index in [9.17, 15) is 5.11 Å². The van der Waals surface area contributed by atoms with Crippen LogP contribution in [-0.4, -0.2) is 47.5 Å². The summed E-state index contributed by atoms with van der Waals surface area (Å²) in [6, 6.07) is 9.59. The molecule has 1 aromatic carbocycles. The Balaban J connectivity index is 1.63. The number of rotatable bonds is 3. The first kappa shape index (κ1) is 16.3. The van der Waals surface area contributed by atoms with E-state index in [4.69, 9.17) is 0 Å². The highest BCUT2D eigenvalue weighted by atomic mass is 79.9. The second-order valence-electron chi connectivity index (χ2n) is 5.20. The normalized spacial score (nSPS) is 15.4. The molecule has 0 radical (unpaired) electrons. The average molecular weight is 440 g/mol. The fraction of sp³-hybridized carbons (Fsp3) is 0.250. The van der Waals surface area contributed by atoms with Gasteiger partial charge in [-0.1, -0.05) is 22.0 Å². The van der Waals surface area contributed by atoms with Crippen LogP contribution in [0.15, 0.2) is 50.6 Å². The van der Waals surface area contributed by atoms with Crippen molar-refractivity contribution in [3.8, 4) is 5.75 Å². The topological polar surface area (TPSA) is 52.0 Å². The molecule has 1 saturated heterocycles. The van der Waals surface area contributed by atoms with Crippen LogP contribution in [0.5, 0.6) is 5.75 Å². The molecule has 0 bridgehead atoms. The van der Waals surface area contributed by atoms with Crippen LogP contribution in [0.1, 0.15) is 5.56 Å². The van der Waals surface area contributed by atoms with Gasteiger partial charge in [0.15, 0.2) is 0 Å². The lowest BCUT2D eigenvalue weighted by molar-refractivity contribution is 0.271. The van der Waals surface area contributed by atoms with E-state index in [2.05, 4.69) is 46.8 Å². The lowest BCUT2D eigenvalue weighted by atomic mass is 10.2. The minimum Gasteiger partial charge on any atom is -0.506 e. The zero-order valence-electron chi connectivity index (χ0n) is 12.4. The maximum absolute atomic E-state index is 10.0. The van der Waals surface area contributed by atoms with Crippen LogP contribution in [0.3, 0.4) is 0 Å². The minimum absolute atomic E-state index is 0.198. The van der Waals surface area contributed by atoms with E-state index in [1.165, 1.54) is 0 Å². The molecular formula is C16H16Br2N4O. The Morgan fingerprint density at radius 2 is 1.91 bits per heavy atom. The van der Waals surface area contributed by atoms with Crippen molar-refractivity contribution in [3.63, 3.8) is 0 Å². The van der Waals surface area contributed by atoms with Crippen molar-refractivity contribution < 1.29 is 5.11 Å². The molecule has 1 N–H and O–H groups in total. The van der Waals surface area contributed by atoms with Gasteiger partial charge >= 0.3 is 0 Å². The molecule has 0 amide bonds. The number of nitrogens with zero attached hydrogens (tertiary/aromatic N) is 4. The molecule has 7 heteroatoms. The van der Waals surface area contributed by atoms with Gasteiger partial charge < -0.3 is 10.0 Å². The van der Waals surface area contributed by atoms with Gasteiger partial charge in [0.25, 0.3) is 0 Å². The molecule has 1 aliphatic heterocycles. The Kier molecular flexibility index (Phi) is 5.17.